The number of hydrogen-bond acceptors (Lipinski definition) is 3. The molecular weight excluding hydrogens is 391 g/mol. The number of H-pyrrole nitrogens is 1. The molecule has 2 aromatic carbocycles. The maximum atomic E-state index is 13.7. The van der Waals surface area contributed by atoms with E-state index in [4.69, 9.17) is 4.42 Å². The fourth-order valence-electron chi connectivity index (χ4n) is 4.35. The number of nitrogens with one attached hydrogen (secondary N) is 2. The lowest BCUT2D eigenvalue weighted by atomic mass is 9.75. The van der Waals surface area contributed by atoms with E-state index in [2.05, 4.69) is 16.6 Å². The maximum absolute atomic E-state index is 13.7. The molecule has 2 N–H and O–H groups in total. The second-order valence-corrected chi connectivity index (χ2v) is 9.82. The number of para-hydroxylation sites is 1. The quantitative estimate of drug-likeness (QED) is 0.477. The van der Waals surface area contributed by atoms with Crippen LogP contribution in [-0.2, 0) is 15.4 Å². The van der Waals surface area contributed by atoms with Gasteiger partial charge in [0.1, 0.15) is 17.2 Å². The predicted octanol–water partition coefficient (Wildman–Crippen LogP) is 5.14. The molecule has 0 bridgehead atoms. The zero-order chi connectivity index (χ0) is 20.4. The second-order valence-electron chi connectivity index (χ2n) is 8.07. The molecular formula is C22H21FN2O3S. The summed E-state index contributed by atoms with van der Waals surface area (Å²) in [5.74, 6) is 0.906. The number of hydrogen-bond donors (Lipinski definition) is 2. The number of anilines is 1. The largest absolute Gasteiger partial charge is 0.460 e. The molecule has 5 rings (SSSR count). The molecule has 0 amide bonds. The van der Waals surface area contributed by atoms with Crippen LogP contribution in [0.1, 0.15) is 31.1 Å². The van der Waals surface area contributed by atoms with E-state index in [0.717, 1.165) is 46.7 Å². The van der Waals surface area contributed by atoms with Gasteiger partial charge in [-0.25, -0.2) is 12.8 Å². The third-order valence-corrected chi connectivity index (χ3v) is 6.55. The van der Waals surface area contributed by atoms with Gasteiger partial charge in [-0.05, 0) is 61.6 Å². The van der Waals surface area contributed by atoms with Crippen LogP contribution in [0.5, 0.6) is 0 Å². The Kier molecular flexibility index (Phi) is 3.84. The molecule has 1 aliphatic rings. The first-order chi connectivity index (χ1) is 13.8. The normalized spacial score (nSPS) is 16.9. The highest BCUT2D eigenvalue weighted by molar-refractivity contribution is 7.92. The van der Waals surface area contributed by atoms with Crippen LogP contribution in [0.4, 0.5) is 10.1 Å². The summed E-state index contributed by atoms with van der Waals surface area (Å²) < 4.78 is 45.9. The molecule has 150 valence electrons. The van der Waals surface area contributed by atoms with Gasteiger partial charge in [0.05, 0.1) is 22.9 Å². The van der Waals surface area contributed by atoms with Crippen LogP contribution in [0.15, 0.2) is 53.1 Å². The molecule has 0 aliphatic heterocycles. The Bertz CT molecular complexity index is 1350. The maximum Gasteiger partial charge on any atom is 0.229 e. The zero-order valence-electron chi connectivity index (χ0n) is 16.1. The van der Waals surface area contributed by atoms with Crippen molar-refractivity contribution in [2.24, 2.45) is 5.92 Å². The standard InChI is InChI=1S/C22H21FN2O3S/c1-22(14-6-7-14,20-11-13-10-15(23)8-9-19(13)28-20)17-12-24-21-16(17)4-3-5-18(21)25-29(2,26)27/h3-5,8-12,14,24-25H,6-7H2,1-2H3. The van der Waals surface area contributed by atoms with Gasteiger partial charge in [-0.2, -0.15) is 0 Å². The van der Waals surface area contributed by atoms with Crippen LogP contribution >= 0.6 is 0 Å². The van der Waals surface area contributed by atoms with E-state index < -0.39 is 15.4 Å². The Hall–Kier alpha value is -2.80. The van der Waals surface area contributed by atoms with Gasteiger partial charge in [0.25, 0.3) is 0 Å². The van der Waals surface area contributed by atoms with Crippen LogP contribution in [-0.4, -0.2) is 19.7 Å². The molecule has 7 heteroatoms. The minimum Gasteiger partial charge on any atom is -0.460 e. The Balaban J connectivity index is 1.70. The first-order valence-corrected chi connectivity index (χ1v) is 11.4. The van der Waals surface area contributed by atoms with Crippen molar-refractivity contribution >= 4 is 37.6 Å². The van der Waals surface area contributed by atoms with Crippen LogP contribution in [0, 0.1) is 11.7 Å². The van der Waals surface area contributed by atoms with Crippen molar-refractivity contribution in [2.75, 3.05) is 11.0 Å². The molecule has 5 nitrogen and oxygen atoms in total. The first-order valence-electron chi connectivity index (χ1n) is 9.53. The summed E-state index contributed by atoms with van der Waals surface area (Å²) in [4.78, 5) is 3.25. The molecule has 0 saturated heterocycles. The van der Waals surface area contributed by atoms with Gasteiger partial charge in [-0.1, -0.05) is 12.1 Å². The Labute approximate surface area is 168 Å². The highest BCUT2D eigenvalue weighted by Gasteiger charge is 2.47. The monoisotopic (exact) mass is 412 g/mol. The molecule has 1 saturated carbocycles. The summed E-state index contributed by atoms with van der Waals surface area (Å²) in [7, 11) is -3.40. The van der Waals surface area contributed by atoms with Crippen LogP contribution < -0.4 is 4.72 Å². The third kappa shape index (κ3) is 3.00. The van der Waals surface area contributed by atoms with Gasteiger partial charge >= 0.3 is 0 Å². The van der Waals surface area contributed by atoms with Crippen molar-refractivity contribution in [2.45, 2.75) is 25.2 Å². The van der Waals surface area contributed by atoms with Crippen LogP contribution in [0.2, 0.25) is 0 Å². The number of benzene rings is 2. The Morgan fingerprint density at radius 1 is 1.21 bits per heavy atom. The van der Waals surface area contributed by atoms with Crippen molar-refractivity contribution in [3.8, 4) is 0 Å². The predicted molar refractivity (Wildman–Crippen MR) is 112 cm³/mol. The molecule has 2 heterocycles. The molecule has 0 spiro atoms. The van der Waals surface area contributed by atoms with Crippen molar-refractivity contribution in [1.82, 2.24) is 4.98 Å². The first kappa shape index (κ1) is 18.2. The molecule has 2 aromatic heterocycles. The van der Waals surface area contributed by atoms with Gasteiger partial charge in [-0.15, -0.1) is 0 Å². The van der Waals surface area contributed by atoms with E-state index in [9.17, 15) is 12.8 Å². The smallest absolute Gasteiger partial charge is 0.229 e. The third-order valence-electron chi connectivity index (χ3n) is 5.95. The summed E-state index contributed by atoms with van der Waals surface area (Å²) in [6.45, 7) is 2.15. The lowest BCUT2D eigenvalue weighted by Gasteiger charge is -2.27. The molecule has 1 aliphatic carbocycles. The number of fused-ring (bicyclic) bond motifs is 2. The topological polar surface area (TPSA) is 75.1 Å². The summed E-state index contributed by atoms with van der Waals surface area (Å²) >= 11 is 0. The SMILES string of the molecule is CC(c1cc2cc(F)ccc2o1)(c1c[nH]c2c(NS(C)(=O)=O)cccc12)C1CC1. The summed E-state index contributed by atoms with van der Waals surface area (Å²) in [5, 5.41) is 1.69. The van der Waals surface area contributed by atoms with Gasteiger partial charge in [0.2, 0.25) is 10.0 Å². The van der Waals surface area contributed by atoms with Crippen molar-refractivity contribution in [3.05, 3.63) is 65.8 Å². The summed E-state index contributed by atoms with van der Waals surface area (Å²) in [5.41, 5.74) is 2.56. The lowest BCUT2D eigenvalue weighted by molar-refractivity contribution is 0.390. The number of furan rings is 1. The van der Waals surface area contributed by atoms with Gasteiger partial charge in [-0.3, -0.25) is 4.72 Å². The molecule has 0 radical (unpaired) electrons. The number of sulfonamides is 1. The van der Waals surface area contributed by atoms with Gasteiger partial charge in [0.15, 0.2) is 0 Å². The van der Waals surface area contributed by atoms with Gasteiger partial charge in [0, 0.05) is 17.0 Å². The average molecular weight is 412 g/mol. The number of aromatic nitrogens is 1. The molecule has 1 atom stereocenters. The van der Waals surface area contributed by atoms with Crippen LogP contribution in [0.3, 0.4) is 0 Å². The van der Waals surface area contributed by atoms with Crippen LogP contribution in [0.25, 0.3) is 21.9 Å². The fraction of sp³-hybridized carbons (Fsp3) is 0.273. The minimum absolute atomic E-state index is 0.290. The summed E-state index contributed by atoms with van der Waals surface area (Å²) in [6, 6.07) is 12.0. The van der Waals surface area contributed by atoms with E-state index in [-0.39, 0.29) is 5.82 Å². The van der Waals surface area contributed by atoms with E-state index in [1.165, 1.54) is 12.1 Å². The van der Waals surface area contributed by atoms with Crippen molar-refractivity contribution < 1.29 is 17.2 Å². The molecule has 1 unspecified atom stereocenters. The fourth-order valence-corrected chi connectivity index (χ4v) is 4.92. The average Bonchev–Trinajstić information content (AvgIpc) is 3.27. The molecule has 29 heavy (non-hydrogen) atoms. The van der Waals surface area contributed by atoms with E-state index in [1.54, 1.807) is 12.1 Å². The second kappa shape index (κ2) is 6.10. The lowest BCUT2D eigenvalue weighted by Crippen LogP contribution is -2.25. The van der Waals surface area contributed by atoms with E-state index in [0.29, 0.717) is 17.2 Å². The zero-order valence-corrected chi connectivity index (χ0v) is 16.9. The molecule has 1 fully saturated rings. The Morgan fingerprint density at radius 2 is 2.00 bits per heavy atom. The van der Waals surface area contributed by atoms with Crippen molar-refractivity contribution in [3.63, 3.8) is 0 Å². The number of aromatic amines is 1. The van der Waals surface area contributed by atoms with E-state index >= 15 is 0 Å². The highest BCUT2D eigenvalue weighted by Crippen LogP contribution is 2.53. The van der Waals surface area contributed by atoms with E-state index in [1.807, 2.05) is 24.4 Å². The minimum atomic E-state index is -3.40. The number of halogens is 1. The van der Waals surface area contributed by atoms with Crippen molar-refractivity contribution in [1.29, 1.82) is 0 Å². The Morgan fingerprint density at radius 3 is 2.72 bits per heavy atom. The highest BCUT2D eigenvalue weighted by atomic mass is 32.2. The molecule has 4 aromatic rings. The van der Waals surface area contributed by atoms with Gasteiger partial charge < -0.3 is 9.40 Å². The summed E-state index contributed by atoms with van der Waals surface area (Å²) in [6.07, 6.45) is 5.23. The number of rotatable bonds is 5.